The van der Waals surface area contributed by atoms with Crippen LogP contribution in [0.5, 0.6) is 0 Å². The fraction of sp³-hybridized carbons (Fsp3) is 0.267. The molecule has 0 atom stereocenters. The summed E-state index contributed by atoms with van der Waals surface area (Å²) < 4.78 is 8.39. The molecule has 24 heavy (non-hydrogen) atoms. The lowest BCUT2D eigenvalue weighted by molar-refractivity contribution is 0.0307. The molecule has 1 aliphatic heterocycles. The normalized spacial score (nSPS) is 15.3. The van der Waals surface area contributed by atoms with Crippen molar-refractivity contribution in [2.75, 3.05) is 26.3 Å². The molecule has 3 heterocycles. The Morgan fingerprint density at radius 1 is 1.33 bits per heavy atom. The molecule has 6 nitrogen and oxygen atoms in total. The number of nitrogens with one attached hydrogen (secondary N) is 1. The molecule has 0 aliphatic carbocycles. The van der Waals surface area contributed by atoms with E-state index in [2.05, 4.69) is 20.9 Å². The van der Waals surface area contributed by atoms with Crippen LogP contribution in [0, 0.1) is 3.95 Å². The highest BCUT2D eigenvalue weighted by Gasteiger charge is 2.24. The molecule has 1 N–H and O–H groups in total. The van der Waals surface area contributed by atoms with Gasteiger partial charge in [-0.25, -0.2) is 0 Å². The van der Waals surface area contributed by atoms with Gasteiger partial charge in [0.05, 0.1) is 24.1 Å². The third-order valence-electron chi connectivity index (χ3n) is 3.98. The number of carbonyl (C=O) groups is 1. The van der Waals surface area contributed by atoms with Crippen LogP contribution >= 0.6 is 39.5 Å². The largest absolute Gasteiger partial charge is 0.378 e. The molecule has 0 saturated carbocycles. The second-order valence-electron chi connectivity index (χ2n) is 5.40. The van der Waals surface area contributed by atoms with E-state index in [-0.39, 0.29) is 11.5 Å². The first kappa shape index (κ1) is 15.9. The van der Waals surface area contributed by atoms with Gasteiger partial charge >= 0.3 is 0 Å². The number of benzene rings is 1. The van der Waals surface area contributed by atoms with E-state index in [0.717, 1.165) is 4.47 Å². The van der Waals surface area contributed by atoms with Crippen LogP contribution in [0.25, 0.3) is 16.6 Å². The van der Waals surface area contributed by atoms with Gasteiger partial charge in [0, 0.05) is 17.6 Å². The van der Waals surface area contributed by atoms with E-state index in [0.29, 0.717) is 51.7 Å². The first-order valence-corrected chi connectivity index (χ1v) is 9.32. The summed E-state index contributed by atoms with van der Waals surface area (Å²) in [6, 6.07) is 5.42. The number of carbonyl (C=O) groups excluding carboxylic acids is 1. The predicted octanol–water partition coefficient (Wildman–Crippen LogP) is 2.81. The molecule has 1 aliphatic rings. The maximum atomic E-state index is 12.8. The number of hydrogen-bond donors (Lipinski definition) is 1. The van der Waals surface area contributed by atoms with E-state index < -0.39 is 0 Å². The Morgan fingerprint density at radius 3 is 2.83 bits per heavy atom. The number of halogens is 1. The molecule has 1 fully saturated rings. The van der Waals surface area contributed by atoms with E-state index >= 15 is 0 Å². The van der Waals surface area contributed by atoms with Crippen LogP contribution in [0.1, 0.15) is 9.67 Å². The van der Waals surface area contributed by atoms with Crippen LogP contribution in [0.3, 0.4) is 0 Å². The van der Waals surface area contributed by atoms with E-state index in [1.165, 1.54) is 11.3 Å². The van der Waals surface area contributed by atoms with Crippen molar-refractivity contribution in [3.05, 3.63) is 41.9 Å². The van der Waals surface area contributed by atoms with Crippen LogP contribution in [-0.4, -0.2) is 46.5 Å². The highest BCUT2D eigenvalue weighted by Crippen LogP contribution is 2.25. The third kappa shape index (κ3) is 2.52. The molecule has 2 aromatic heterocycles. The minimum atomic E-state index is -0.241. The topological polar surface area (TPSA) is 66.8 Å². The van der Waals surface area contributed by atoms with Crippen LogP contribution < -0.4 is 5.56 Å². The fourth-order valence-corrected chi connectivity index (χ4v) is 4.53. The van der Waals surface area contributed by atoms with Crippen molar-refractivity contribution < 1.29 is 9.53 Å². The van der Waals surface area contributed by atoms with Gasteiger partial charge < -0.3 is 14.6 Å². The van der Waals surface area contributed by atoms with Crippen molar-refractivity contribution in [3.63, 3.8) is 0 Å². The average molecular weight is 426 g/mol. The van der Waals surface area contributed by atoms with Crippen LogP contribution in [0.4, 0.5) is 0 Å². The number of H-pyrrole nitrogens is 1. The van der Waals surface area contributed by atoms with Crippen LogP contribution in [0.2, 0.25) is 0 Å². The molecule has 0 bridgehead atoms. The zero-order chi connectivity index (χ0) is 16.8. The second kappa shape index (κ2) is 6.07. The number of thiazole rings is 1. The minimum Gasteiger partial charge on any atom is -0.378 e. The summed E-state index contributed by atoms with van der Waals surface area (Å²) in [4.78, 5) is 30.3. The number of morpholine rings is 1. The van der Waals surface area contributed by atoms with Crippen molar-refractivity contribution in [1.82, 2.24) is 14.3 Å². The number of rotatable bonds is 1. The summed E-state index contributed by atoms with van der Waals surface area (Å²) in [6.45, 7) is 2.13. The van der Waals surface area contributed by atoms with E-state index in [1.54, 1.807) is 15.4 Å². The monoisotopic (exact) mass is 425 g/mol. The summed E-state index contributed by atoms with van der Waals surface area (Å²) in [6.07, 6.45) is 0. The van der Waals surface area contributed by atoms with E-state index in [9.17, 15) is 9.59 Å². The van der Waals surface area contributed by atoms with Gasteiger partial charge in [0.25, 0.3) is 11.5 Å². The Hall–Kier alpha value is -1.55. The van der Waals surface area contributed by atoms with Gasteiger partial charge in [0.15, 0.2) is 3.95 Å². The summed E-state index contributed by atoms with van der Waals surface area (Å²) in [5, 5.41) is 0.524. The smallest absolute Gasteiger partial charge is 0.267 e. The van der Waals surface area contributed by atoms with E-state index in [1.807, 2.05) is 12.1 Å². The Bertz CT molecular complexity index is 1080. The van der Waals surface area contributed by atoms with Crippen LogP contribution in [-0.2, 0) is 4.74 Å². The van der Waals surface area contributed by atoms with Gasteiger partial charge in [-0.1, -0.05) is 27.3 Å². The first-order chi connectivity index (χ1) is 11.6. The lowest BCUT2D eigenvalue weighted by Gasteiger charge is -2.26. The summed E-state index contributed by atoms with van der Waals surface area (Å²) in [7, 11) is 0. The highest BCUT2D eigenvalue weighted by atomic mass is 79.9. The van der Waals surface area contributed by atoms with Gasteiger partial charge in [-0.15, -0.1) is 0 Å². The molecule has 4 rings (SSSR count). The number of aromatic amines is 1. The molecule has 9 heteroatoms. The molecule has 0 spiro atoms. The Kier molecular flexibility index (Phi) is 4.03. The maximum Gasteiger partial charge on any atom is 0.267 e. The van der Waals surface area contributed by atoms with Gasteiger partial charge in [0.1, 0.15) is 10.5 Å². The van der Waals surface area contributed by atoms with Crippen molar-refractivity contribution in [2.45, 2.75) is 0 Å². The minimum absolute atomic E-state index is 0.121. The standard InChI is InChI=1S/C15H12BrN3O3S2/c16-8-1-2-10-9(7-8)13(20)17-12-11(24-15(23)19(10)12)14(21)18-3-5-22-6-4-18/h1-2,7H,3-6H2,(H,17,20). The SMILES string of the molecule is O=C(c1sc(=S)n2c1[nH]c(=O)c1cc(Br)ccc12)N1CCOCC1. The van der Waals surface area contributed by atoms with Gasteiger partial charge in [0.2, 0.25) is 0 Å². The number of hydrogen-bond acceptors (Lipinski definition) is 5. The highest BCUT2D eigenvalue weighted by molar-refractivity contribution is 9.10. The number of aromatic nitrogens is 2. The number of amides is 1. The fourth-order valence-electron chi connectivity index (χ4n) is 2.82. The number of nitrogens with zero attached hydrogens (tertiary/aromatic N) is 2. The average Bonchev–Trinajstić information content (AvgIpc) is 2.92. The van der Waals surface area contributed by atoms with Crippen molar-refractivity contribution >= 4 is 61.9 Å². The molecule has 124 valence electrons. The molecule has 0 radical (unpaired) electrons. The summed E-state index contributed by atoms with van der Waals surface area (Å²) >= 11 is 10.0. The van der Waals surface area contributed by atoms with Crippen molar-refractivity contribution in [2.24, 2.45) is 0 Å². The maximum absolute atomic E-state index is 12.8. The lowest BCUT2D eigenvalue weighted by atomic mass is 10.2. The molecular formula is C15H12BrN3O3S2. The predicted molar refractivity (Wildman–Crippen MR) is 98.7 cm³/mol. The Labute approximate surface area is 153 Å². The lowest BCUT2D eigenvalue weighted by Crippen LogP contribution is -2.40. The summed E-state index contributed by atoms with van der Waals surface area (Å²) in [5.74, 6) is -0.121. The first-order valence-electron chi connectivity index (χ1n) is 7.30. The quantitative estimate of drug-likeness (QED) is 0.608. The molecular weight excluding hydrogens is 414 g/mol. The third-order valence-corrected chi connectivity index (χ3v) is 5.83. The van der Waals surface area contributed by atoms with Crippen molar-refractivity contribution in [1.29, 1.82) is 0 Å². The molecule has 1 saturated heterocycles. The van der Waals surface area contributed by atoms with Gasteiger partial charge in [-0.3, -0.25) is 14.0 Å². The van der Waals surface area contributed by atoms with E-state index in [4.69, 9.17) is 17.0 Å². The summed E-state index contributed by atoms with van der Waals surface area (Å²) in [5.41, 5.74) is 0.913. The molecule has 3 aromatic rings. The molecule has 0 unspecified atom stereocenters. The van der Waals surface area contributed by atoms with Gasteiger partial charge in [-0.2, -0.15) is 0 Å². The second-order valence-corrected chi connectivity index (χ2v) is 7.96. The molecule has 1 aromatic carbocycles. The Balaban J connectivity index is 1.97. The molecule has 1 amide bonds. The zero-order valence-corrected chi connectivity index (χ0v) is 15.6. The zero-order valence-electron chi connectivity index (χ0n) is 12.4. The number of fused-ring (bicyclic) bond motifs is 3. The number of ether oxygens (including phenoxy) is 1. The van der Waals surface area contributed by atoms with Crippen molar-refractivity contribution in [3.8, 4) is 0 Å². The van der Waals surface area contributed by atoms with Crippen LogP contribution in [0.15, 0.2) is 27.5 Å². The van der Waals surface area contributed by atoms with Gasteiger partial charge in [-0.05, 0) is 30.4 Å². The Morgan fingerprint density at radius 2 is 2.08 bits per heavy atom.